The Morgan fingerprint density at radius 2 is 2.00 bits per heavy atom. The standard InChI is InChI=1S/C18H21NO5/c1-12-7-9-16(24-12)15(11-23-2)19-17(20)10-8-13-5-3-4-6-14(13)18(21)22/h3-7,9,15H,8,10-11H2,1-2H3,(H,19,20)(H,21,22). The number of carboxylic acid groups (broad SMARTS) is 1. The van der Waals surface area contributed by atoms with Gasteiger partial charge in [0.1, 0.15) is 17.6 Å². The number of carbonyl (C=O) groups excluding carboxylic acids is 1. The molecule has 0 radical (unpaired) electrons. The number of hydrogen-bond donors (Lipinski definition) is 2. The Bertz CT molecular complexity index is 707. The summed E-state index contributed by atoms with van der Waals surface area (Å²) in [6.07, 6.45) is 0.537. The highest BCUT2D eigenvalue weighted by molar-refractivity contribution is 5.89. The molecule has 2 N–H and O–H groups in total. The lowest BCUT2D eigenvalue weighted by Gasteiger charge is -2.16. The summed E-state index contributed by atoms with van der Waals surface area (Å²) in [7, 11) is 1.55. The van der Waals surface area contributed by atoms with Gasteiger partial charge in [-0.3, -0.25) is 4.79 Å². The molecule has 1 aromatic heterocycles. The molecule has 1 heterocycles. The number of aryl methyl sites for hydroxylation is 2. The number of rotatable bonds is 8. The fourth-order valence-electron chi connectivity index (χ4n) is 2.46. The lowest BCUT2D eigenvalue weighted by molar-refractivity contribution is -0.122. The number of furan rings is 1. The maximum absolute atomic E-state index is 12.2. The van der Waals surface area contributed by atoms with Gasteiger partial charge in [0.2, 0.25) is 5.91 Å². The monoisotopic (exact) mass is 331 g/mol. The summed E-state index contributed by atoms with van der Waals surface area (Å²) < 4.78 is 10.7. The van der Waals surface area contributed by atoms with Gasteiger partial charge in [-0.05, 0) is 37.1 Å². The van der Waals surface area contributed by atoms with Crippen molar-refractivity contribution >= 4 is 11.9 Å². The molecule has 1 aromatic carbocycles. The number of carbonyl (C=O) groups is 2. The van der Waals surface area contributed by atoms with Gasteiger partial charge in [-0.1, -0.05) is 18.2 Å². The zero-order valence-corrected chi connectivity index (χ0v) is 13.7. The minimum atomic E-state index is -0.991. The number of amides is 1. The van der Waals surface area contributed by atoms with Crippen molar-refractivity contribution < 1.29 is 23.8 Å². The third-order valence-corrected chi connectivity index (χ3v) is 3.64. The van der Waals surface area contributed by atoms with Gasteiger partial charge < -0.3 is 19.6 Å². The molecule has 0 saturated heterocycles. The van der Waals surface area contributed by atoms with Gasteiger partial charge in [0.15, 0.2) is 0 Å². The van der Waals surface area contributed by atoms with Crippen LogP contribution >= 0.6 is 0 Å². The Hall–Kier alpha value is -2.60. The van der Waals surface area contributed by atoms with Crippen LogP contribution in [0.15, 0.2) is 40.8 Å². The van der Waals surface area contributed by atoms with Crippen LogP contribution < -0.4 is 5.32 Å². The Kier molecular flexibility index (Phi) is 6.14. The van der Waals surface area contributed by atoms with Crippen molar-refractivity contribution in [3.63, 3.8) is 0 Å². The van der Waals surface area contributed by atoms with Crippen molar-refractivity contribution in [3.05, 3.63) is 59.0 Å². The lowest BCUT2D eigenvalue weighted by atomic mass is 10.0. The normalized spacial score (nSPS) is 11.9. The van der Waals surface area contributed by atoms with Gasteiger partial charge in [-0.15, -0.1) is 0 Å². The average Bonchev–Trinajstić information content (AvgIpc) is 2.99. The smallest absolute Gasteiger partial charge is 0.335 e. The highest BCUT2D eigenvalue weighted by Gasteiger charge is 2.18. The van der Waals surface area contributed by atoms with Crippen LogP contribution in [0.2, 0.25) is 0 Å². The number of aromatic carboxylic acids is 1. The highest BCUT2D eigenvalue weighted by Crippen LogP contribution is 2.17. The summed E-state index contributed by atoms with van der Waals surface area (Å²) in [6.45, 7) is 2.13. The van der Waals surface area contributed by atoms with Crippen molar-refractivity contribution in [1.29, 1.82) is 0 Å². The number of nitrogens with one attached hydrogen (secondary N) is 1. The first-order valence-corrected chi connectivity index (χ1v) is 7.67. The van der Waals surface area contributed by atoms with Gasteiger partial charge in [0.05, 0.1) is 12.2 Å². The first-order chi connectivity index (χ1) is 11.5. The second-order valence-corrected chi connectivity index (χ2v) is 5.49. The Morgan fingerprint density at radius 3 is 2.62 bits per heavy atom. The minimum absolute atomic E-state index is 0.185. The van der Waals surface area contributed by atoms with Gasteiger partial charge in [0.25, 0.3) is 0 Å². The molecule has 0 fully saturated rings. The molecule has 2 aromatic rings. The topological polar surface area (TPSA) is 88.8 Å². The second kappa shape index (κ2) is 8.31. The van der Waals surface area contributed by atoms with Gasteiger partial charge >= 0.3 is 5.97 Å². The molecule has 0 spiro atoms. The predicted octanol–water partition coefficient (Wildman–Crippen LogP) is 2.72. The lowest BCUT2D eigenvalue weighted by Crippen LogP contribution is -2.31. The molecule has 0 aliphatic carbocycles. The quantitative estimate of drug-likeness (QED) is 0.776. The molecule has 1 atom stereocenters. The van der Waals surface area contributed by atoms with Crippen LogP contribution in [0.25, 0.3) is 0 Å². The Balaban J connectivity index is 1.98. The first kappa shape index (κ1) is 17.7. The van der Waals surface area contributed by atoms with Gasteiger partial charge in [0, 0.05) is 13.5 Å². The molecule has 0 bridgehead atoms. The van der Waals surface area contributed by atoms with Crippen LogP contribution in [0.5, 0.6) is 0 Å². The number of carboxylic acids is 1. The molecular weight excluding hydrogens is 310 g/mol. The largest absolute Gasteiger partial charge is 0.478 e. The van der Waals surface area contributed by atoms with Crippen molar-refractivity contribution in [3.8, 4) is 0 Å². The minimum Gasteiger partial charge on any atom is -0.478 e. The van der Waals surface area contributed by atoms with Crippen LogP contribution in [0.3, 0.4) is 0 Å². The summed E-state index contributed by atoms with van der Waals surface area (Å²) >= 11 is 0. The fraction of sp³-hybridized carbons (Fsp3) is 0.333. The van der Waals surface area contributed by atoms with Crippen LogP contribution in [0, 0.1) is 6.92 Å². The van der Waals surface area contributed by atoms with Crippen LogP contribution in [-0.2, 0) is 16.0 Å². The number of hydrogen-bond acceptors (Lipinski definition) is 4. The molecule has 6 heteroatoms. The maximum atomic E-state index is 12.2. The molecule has 0 aliphatic heterocycles. The van der Waals surface area contributed by atoms with E-state index in [0.717, 1.165) is 5.76 Å². The molecule has 1 amide bonds. The zero-order chi connectivity index (χ0) is 17.5. The third-order valence-electron chi connectivity index (χ3n) is 3.64. The average molecular weight is 331 g/mol. The molecule has 24 heavy (non-hydrogen) atoms. The molecule has 128 valence electrons. The van der Waals surface area contributed by atoms with Crippen LogP contribution in [-0.4, -0.2) is 30.7 Å². The van der Waals surface area contributed by atoms with Crippen molar-refractivity contribution in [2.75, 3.05) is 13.7 Å². The van der Waals surface area contributed by atoms with Crippen molar-refractivity contribution in [2.45, 2.75) is 25.8 Å². The van der Waals surface area contributed by atoms with Crippen LogP contribution in [0.4, 0.5) is 0 Å². The summed E-state index contributed by atoms with van der Waals surface area (Å²) in [5.41, 5.74) is 0.859. The number of ether oxygens (including phenoxy) is 1. The molecule has 0 aliphatic rings. The second-order valence-electron chi connectivity index (χ2n) is 5.49. The Labute approximate surface area is 140 Å². The Morgan fingerprint density at radius 1 is 1.25 bits per heavy atom. The molecular formula is C18H21NO5. The number of benzene rings is 1. The van der Waals surface area contributed by atoms with E-state index in [1.807, 2.05) is 13.0 Å². The molecule has 6 nitrogen and oxygen atoms in total. The van der Waals surface area contributed by atoms with E-state index in [9.17, 15) is 9.59 Å². The molecule has 1 unspecified atom stereocenters. The summed E-state index contributed by atoms with van der Waals surface area (Å²) in [5.74, 6) is 0.213. The van der Waals surface area contributed by atoms with E-state index in [2.05, 4.69) is 5.32 Å². The van der Waals surface area contributed by atoms with E-state index in [0.29, 0.717) is 24.4 Å². The van der Waals surface area contributed by atoms with Crippen molar-refractivity contribution in [1.82, 2.24) is 5.32 Å². The van der Waals surface area contributed by atoms with E-state index in [-0.39, 0.29) is 23.9 Å². The number of methoxy groups -OCH3 is 1. The van der Waals surface area contributed by atoms with E-state index in [4.69, 9.17) is 14.3 Å². The van der Waals surface area contributed by atoms with E-state index in [1.54, 1.807) is 31.4 Å². The maximum Gasteiger partial charge on any atom is 0.335 e. The summed E-state index contributed by atoms with van der Waals surface area (Å²) in [4.78, 5) is 23.4. The van der Waals surface area contributed by atoms with Crippen LogP contribution in [0.1, 0.15) is 39.9 Å². The SMILES string of the molecule is COCC(NC(=O)CCc1ccccc1C(=O)O)c1ccc(C)o1. The summed E-state index contributed by atoms with van der Waals surface area (Å²) in [6, 6.07) is 9.95. The first-order valence-electron chi connectivity index (χ1n) is 7.67. The molecule has 2 rings (SSSR count). The van der Waals surface area contributed by atoms with Gasteiger partial charge in [-0.25, -0.2) is 4.79 Å². The highest BCUT2D eigenvalue weighted by atomic mass is 16.5. The van der Waals surface area contributed by atoms with E-state index in [1.165, 1.54) is 6.07 Å². The molecule has 0 saturated carbocycles. The van der Waals surface area contributed by atoms with E-state index >= 15 is 0 Å². The third kappa shape index (κ3) is 4.70. The summed E-state index contributed by atoms with van der Waals surface area (Å²) in [5, 5.41) is 12.0. The predicted molar refractivity (Wildman–Crippen MR) is 87.9 cm³/mol. The zero-order valence-electron chi connectivity index (χ0n) is 13.7. The fourth-order valence-corrected chi connectivity index (χ4v) is 2.46. The van der Waals surface area contributed by atoms with Gasteiger partial charge in [-0.2, -0.15) is 0 Å². The van der Waals surface area contributed by atoms with Crippen molar-refractivity contribution in [2.24, 2.45) is 0 Å². The van der Waals surface area contributed by atoms with E-state index < -0.39 is 5.97 Å².